The van der Waals surface area contributed by atoms with Gasteiger partial charge in [0.25, 0.3) is 0 Å². The van der Waals surface area contributed by atoms with Gasteiger partial charge in [-0.05, 0) is 10.4 Å². The molecule has 3 aliphatic rings. The predicted molar refractivity (Wildman–Crippen MR) is 147 cm³/mol. The minimum Gasteiger partial charge on any atom is -0.324 e. The highest BCUT2D eigenvalue weighted by Gasteiger charge is 2.22. The highest BCUT2D eigenvalue weighted by atomic mass is 15.4. The van der Waals surface area contributed by atoms with Crippen LogP contribution in [0.4, 0.5) is 23.3 Å². The molecule has 4 N–H and O–H groups in total. The van der Waals surface area contributed by atoms with Crippen molar-refractivity contribution < 1.29 is 0 Å². The molecule has 0 amide bonds. The summed E-state index contributed by atoms with van der Waals surface area (Å²) in [4.78, 5) is 34.8. The number of nitrogens with zero attached hydrogens (tertiary/aromatic N) is 8. The van der Waals surface area contributed by atoms with Gasteiger partial charge >= 0.3 is 0 Å². The highest BCUT2D eigenvalue weighted by Crippen LogP contribution is 2.36. The lowest BCUT2D eigenvalue weighted by Gasteiger charge is -1.94. The van der Waals surface area contributed by atoms with Crippen LogP contribution in [0.1, 0.15) is 0 Å². The second-order valence-corrected chi connectivity index (χ2v) is 9.43. The highest BCUT2D eigenvalue weighted by molar-refractivity contribution is 5.99. The van der Waals surface area contributed by atoms with Crippen LogP contribution in [-0.2, 0) is 0 Å². The molecule has 0 atom stereocenters. The van der Waals surface area contributed by atoms with Gasteiger partial charge in [-0.3, -0.25) is 5.10 Å². The second kappa shape index (κ2) is 7.74. The monoisotopic (exact) mass is 520 g/mol. The van der Waals surface area contributed by atoms with Crippen LogP contribution in [0, 0.1) is 0 Å². The zero-order chi connectivity index (χ0) is 26.2. The first-order valence-corrected chi connectivity index (χ1v) is 12.6. The molecule has 3 aromatic heterocycles. The molecule has 0 saturated heterocycles. The van der Waals surface area contributed by atoms with E-state index in [1.54, 1.807) is 0 Å². The first-order valence-electron chi connectivity index (χ1n) is 12.6. The first kappa shape index (κ1) is 21.0. The van der Waals surface area contributed by atoms with E-state index in [0.717, 1.165) is 32.3 Å². The smallest absolute Gasteiger partial charge is 0.186 e. The van der Waals surface area contributed by atoms with Crippen molar-refractivity contribution in [2.45, 2.75) is 0 Å². The fraction of sp³-hybridized carbons (Fsp3) is 0. The van der Waals surface area contributed by atoms with Gasteiger partial charge in [0.15, 0.2) is 17.3 Å². The van der Waals surface area contributed by atoms with E-state index in [1.807, 2.05) is 72.8 Å². The standard InChI is InChI=1S/C28H16N12/c1-2-8-14-13(7-1)21-29-22(14)31-24-16-10-4-6-12-18(16)26(33-24)35-28-20-19(37-39-40-38-20)27(36-28)34-25-17-11-5-3-9-15(17)23(30-21)32-25/h1-12,29H,(H,37,40)(H,30,32,34)(H,31,33,35,36). The molecule has 0 fully saturated rings. The fourth-order valence-corrected chi connectivity index (χ4v) is 5.32. The number of H-pyrrole nitrogens is 4. The molecule has 3 aliphatic heterocycles. The van der Waals surface area contributed by atoms with Gasteiger partial charge in [-0.2, -0.15) is 0 Å². The number of aromatic amines is 4. The molecule has 0 aliphatic carbocycles. The van der Waals surface area contributed by atoms with E-state index in [9.17, 15) is 0 Å². The van der Waals surface area contributed by atoms with Gasteiger partial charge in [-0.15, -0.1) is 5.10 Å². The van der Waals surface area contributed by atoms with E-state index in [1.165, 1.54) is 0 Å². The number of nitrogens with one attached hydrogen (secondary N) is 4. The van der Waals surface area contributed by atoms with E-state index in [2.05, 4.69) is 35.6 Å². The maximum Gasteiger partial charge on any atom is 0.186 e. The van der Waals surface area contributed by atoms with Crippen molar-refractivity contribution in [2.75, 3.05) is 0 Å². The summed E-state index contributed by atoms with van der Waals surface area (Å²) in [5.41, 5.74) is 3.50. The number of fused-ring (bicyclic) bond motifs is 20. The Kier molecular flexibility index (Phi) is 4.05. The third-order valence-electron chi connectivity index (χ3n) is 7.14. The Bertz CT molecular complexity index is 2340. The van der Waals surface area contributed by atoms with Crippen molar-refractivity contribution in [1.29, 1.82) is 0 Å². The molecule has 8 bridgehead atoms. The normalized spacial score (nSPS) is 12.8. The lowest BCUT2D eigenvalue weighted by atomic mass is 10.2. The van der Waals surface area contributed by atoms with Crippen LogP contribution < -0.4 is 22.0 Å². The van der Waals surface area contributed by atoms with Crippen LogP contribution in [0.3, 0.4) is 0 Å². The zero-order valence-corrected chi connectivity index (χ0v) is 20.5. The van der Waals surface area contributed by atoms with Gasteiger partial charge in [0, 0.05) is 32.3 Å². The molecule has 40 heavy (non-hydrogen) atoms. The van der Waals surface area contributed by atoms with Gasteiger partial charge in [-0.1, -0.05) is 72.8 Å². The van der Waals surface area contributed by atoms with Crippen LogP contribution in [0.15, 0.2) is 92.8 Å². The topological polar surface area (TPSA) is 164 Å². The van der Waals surface area contributed by atoms with Crippen LogP contribution >= 0.6 is 0 Å². The largest absolute Gasteiger partial charge is 0.324 e. The van der Waals surface area contributed by atoms with Crippen molar-refractivity contribution in [3.05, 3.63) is 94.7 Å². The number of benzene rings is 3. The SMILES string of the molecule is c1ccc2c3[nH]c(c2c1)N=c1[nH]c(c2ccccc12)=Nc1nc(c2[nH]nnnc1-2)N=c1[nH]c(c2ccccc12)=N3. The fourth-order valence-electron chi connectivity index (χ4n) is 5.32. The molecule has 6 heterocycles. The van der Waals surface area contributed by atoms with Crippen LogP contribution in [0.25, 0.3) is 43.7 Å². The van der Waals surface area contributed by atoms with Gasteiger partial charge in [0.2, 0.25) is 0 Å². The maximum atomic E-state index is 5.03. The molecular formula is C28H16N12. The van der Waals surface area contributed by atoms with Crippen molar-refractivity contribution in [3.63, 3.8) is 0 Å². The van der Waals surface area contributed by atoms with Crippen LogP contribution in [-0.4, -0.2) is 40.6 Å². The molecule has 6 aromatic rings. The lowest BCUT2D eigenvalue weighted by Crippen LogP contribution is -2.10. The summed E-state index contributed by atoms with van der Waals surface area (Å²) in [7, 11) is 0. The Morgan fingerprint density at radius 1 is 0.475 bits per heavy atom. The Hall–Kier alpha value is -6.04. The molecule has 12 nitrogen and oxygen atoms in total. The molecule has 12 heteroatoms. The van der Waals surface area contributed by atoms with Crippen molar-refractivity contribution in [2.24, 2.45) is 20.0 Å². The van der Waals surface area contributed by atoms with Gasteiger partial charge in [0.1, 0.15) is 39.3 Å². The Morgan fingerprint density at radius 3 is 1.50 bits per heavy atom. The molecule has 188 valence electrons. The summed E-state index contributed by atoms with van der Waals surface area (Å²) in [5.74, 6) is 2.12. The number of hydrogen-bond acceptors (Lipinski definition) is 8. The summed E-state index contributed by atoms with van der Waals surface area (Å²) < 4.78 is 0. The zero-order valence-electron chi connectivity index (χ0n) is 20.5. The second-order valence-electron chi connectivity index (χ2n) is 9.43. The maximum absolute atomic E-state index is 5.03. The van der Waals surface area contributed by atoms with Gasteiger partial charge in [-0.25, -0.2) is 25.0 Å². The number of hydrogen-bond donors (Lipinski definition) is 4. The molecule has 0 radical (unpaired) electrons. The molecular weight excluding hydrogens is 504 g/mol. The summed E-state index contributed by atoms with van der Waals surface area (Å²) >= 11 is 0. The van der Waals surface area contributed by atoms with Crippen molar-refractivity contribution in [1.82, 2.24) is 40.6 Å². The Labute approximate surface area is 222 Å². The lowest BCUT2D eigenvalue weighted by molar-refractivity contribution is 0.768. The average Bonchev–Trinajstić information content (AvgIpc) is 3.73. The Morgan fingerprint density at radius 2 is 0.950 bits per heavy atom. The van der Waals surface area contributed by atoms with Gasteiger partial charge in [0.05, 0.1) is 0 Å². The molecule has 0 spiro atoms. The summed E-state index contributed by atoms with van der Waals surface area (Å²) in [6, 6.07) is 23.9. The van der Waals surface area contributed by atoms with Crippen LogP contribution in [0.2, 0.25) is 0 Å². The van der Waals surface area contributed by atoms with E-state index < -0.39 is 0 Å². The van der Waals surface area contributed by atoms with E-state index in [4.69, 9.17) is 25.0 Å². The molecule has 0 unspecified atom stereocenters. The van der Waals surface area contributed by atoms with E-state index in [-0.39, 0.29) is 0 Å². The van der Waals surface area contributed by atoms with Crippen LogP contribution in [0.5, 0.6) is 0 Å². The summed E-state index contributed by atoms with van der Waals surface area (Å²) in [6.45, 7) is 0. The first-order chi connectivity index (χ1) is 19.8. The quantitative estimate of drug-likeness (QED) is 0.241. The third kappa shape index (κ3) is 2.95. The molecule has 3 aromatic carbocycles. The van der Waals surface area contributed by atoms with Crippen molar-refractivity contribution >= 4 is 55.6 Å². The third-order valence-corrected chi connectivity index (χ3v) is 7.14. The number of aromatic nitrogens is 8. The molecule has 0 saturated carbocycles. The summed E-state index contributed by atoms with van der Waals surface area (Å²) in [5, 5.41) is 20.3. The minimum atomic E-state index is 0.360. The Balaban J connectivity index is 1.50. The van der Waals surface area contributed by atoms with E-state index >= 15 is 0 Å². The summed E-state index contributed by atoms with van der Waals surface area (Å²) in [6.07, 6.45) is 0. The minimum absolute atomic E-state index is 0.360. The predicted octanol–water partition coefficient (Wildman–Crippen LogP) is 3.26. The van der Waals surface area contributed by atoms with Crippen molar-refractivity contribution in [3.8, 4) is 11.4 Å². The molecule has 9 rings (SSSR count). The average molecular weight is 521 g/mol. The van der Waals surface area contributed by atoms with Gasteiger partial charge < -0.3 is 15.0 Å². The van der Waals surface area contributed by atoms with E-state index in [0.29, 0.717) is 56.6 Å². The number of rotatable bonds is 0.